The smallest absolute Gasteiger partial charge is 0.273 e. The van der Waals surface area contributed by atoms with Crippen LogP contribution in [0.15, 0.2) is 57.3 Å². The van der Waals surface area contributed by atoms with Gasteiger partial charge in [-0.05, 0) is 82.9 Å². The molecule has 4 aromatic heterocycles. The molecule has 6 aromatic rings. The van der Waals surface area contributed by atoms with Gasteiger partial charge in [-0.25, -0.2) is 8.42 Å². The first-order valence-electron chi connectivity index (χ1n) is 16.1. The molecule has 0 saturated heterocycles. The van der Waals surface area contributed by atoms with Gasteiger partial charge in [-0.3, -0.25) is 14.4 Å². The van der Waals surface area contributed by atoms with E-state index in [9.17, 15) is 8.42 Å². The van der Waals surface area contributed by atoms with Crippen molar-refractivity contribution in [2.24, 2.45) is 5.92 Å². The van der Waals surface area contributed by atoms with Crippen molar-refractivity contribution in [1.29, 1.82) is 0 Å². The molecule has 0 saturated carbocycles. The van der Waals surface area contributed by atoms with Crippen LogP contribution in [0.4, 0.5) is 5.82 Å². The molecular formula is C37H41N5O5S2. The lowest BCUT2D eigenvalue weighted by atomic mass is 10.0. The van der Waals surface area contributed by atoms with Gasteiger partial charge in [0.2, 0.25) is 0 Å². The van der Waals surface area contributed by atoms with Gasteiger partial charge in [0.05, 0.1) is 25.8 Å². The second-order valence-corrected chi connectivity index (χ2v) is 15.9. The lowest BCUT2D eigenvalue weighted by Crippen LogP contribution is -2.13. The van der Waals surface area contributed by atoms with E-state index in [4.69, 9.17) is 24.1 Å². The number of fused-ring (bicyclic) bond motifs is 1. The normalized spacial score (nSPS) is 11.9. The summed E-state index contributed by atoms with van der Waals surface area (Å²) in [7, 11) is -2.40. The number of nitrogens with one attached hydrogen (secondary N) is 1. The summed E-state index contributed by atoms with van der Waals surface area (Å²) in [5.41, 5.74) is 8.29. The van der Waals surface area contributed by atoms with E-state index in [0.29, 0.717) is 47.3 Å². The number of aromatic nitrogens is 4. The number of methoxy groups -OCH3 is 1. The molecule has 0 atom stereocenters. The average molecular weight is 700 g/mol. The van der Waals surface area contributed by atoms with E-state index in [1.165, 1.54) is 11.3 Å². The third-order valence-corrected chi connectivity index (χ3v) is 11.7. The molecule has 0 aliphatic carbocycles. The highest BCUT2D eigenvalue weighted by atomic mass is 32.2. The van der Waals surface area contributed by atoms with Gasteiger partial charge in [0.1, 0.15) is 27.2 Å². The highest BCUT2D eigenvalue weighted by Crippen LogP contribution is 2.44. The Hall–Kier alpha value is -4.68. The summed E-state index contributed by atoms with van der Waals surface area (Å²) in [4.78, 5) is 5.66. The number of aryl methyl sites for hydroxylation is 4. The van der Waals surface area contributed by atoms with Crippen molar-refractivity contribution in [3.63, 3.8) is 0 Å². The van der Waals surface area contributed by atoms with Gasteiger partial charge in [-0.2, -0.15) is 5.10 Å². The summed E-state index contributed by atoms with van der Waals surface area (Å²) in [6.07, 6.45) is 0. The summed E-state index contributed by atoms with van der Waals surface area (Å²) in [5.74, 6) is 2.50. The zero-order valence-corrected chi connectivity index (χ0v) is 30.9. The van der Waals surface area contributed by atoms with Crippen molar-refractivity contribution in [3.05, 3.63) is 87.2 Å². The van der Waals surface area contributed by atoms with Crippen molar-refractivity contribution >= 4 is 38.1 Å². The summed E-state index contributed by atoms with van der Waals surface area (Å²) < 4.78 is 49.5. The molecule has 0 spiro atoms. The fourth-order valence-corrected chi connectivity index (χ4v) is 8.75. The zero-order valence-electron chi connectivity index (χ0n) is 29.3. The molecule has 4 heterocycles. The zero-order chi connectivity index (χ0) is 35.2. The predicted molar refractivity (Wildman–Crippen MR) is 194 cm³/mol. The topological polar surface area (TPSA) is 121 Å². The minimum atomic E-state index is -3.99. The average Bonchev–Trinajstić information content (AvgIpc) is 3.69. The number of hydrogen-bond donors (Lipinski definition) is 1. The minimum absolute atomic E-state index is 0.177. The van der Waals surface area contributed by atoms with Crippen LogP contribution < -0.4 is 14.2 Å². The number of sulfonamides is 1. The predicted octanol–water partition coefficient (Wildman–Crippen LogP) is 8.56. The van der Waals surface area contributed by atoms with Crippen molar-refractivity contribution in [1.82, 2.24) is 19.9 Å². The first-order chi connectivity index (χ1) is 23.3. The molecule has 10 nitrogen and oxygen atoms in total. The molecule has 6 rings (SSSR count). The molecule has 0 radical (unpaired) electrons. The Morgan fingerprint density at radius 3 is 2.47 bits per heavy atom. The SMILES string of the molecule is COc1cc(Cn2nc(-c3cccc(OCC(C)C)c3)c3c(C)nc(C)cc32)ccc1-c1c(S(=O)(=O)Nc2noc(C)c2C)sc(C)c1C. The van der Waals surface area contributed by atoms with E-state index in [0.717, 1.165) is 55.3 Å². The molecule has 0 aliphatic heterocycles. The van der Waals surface area contributed by atoms with E-state index in [-0.39, 0.29) is 10.0 Å². The van der Waals surface area contributed by atoms with Gasteiger partial charge >= 0.3 is 0 Å². The number of pyridine rings is 1. The van der Waals surface area contributed by atoms with E-state index < -0.39 is 10.0 Å². The highest BCUT2D eigenvalue weighted by Gasteiger charge is 2.29. The number of thiophene rings is 1. The second kappa shape index (κ2) is 13.3. The van der Waals surface area contributed by atoms with Gasteiger partial charge in [0, 0.05) is 43.9 Å². The molecule has 1 N–H and O–H groups in total. The van der Waals surface area contributed by atoms with E-state index in [1.54, 1.807) is 21.0 Å². The lowest BCUT2D eigenvalue weighted by molar-refractivity contribution is 0.271. The van der Waals surface area contributed by atoms with Crippen LogP contribution in [0.2, 0.25) is 0 Å². The Morgan fingerprint density at radius 2 is 1.78 bits per heavy atom. The van der Waals surface area contributed by atoms with Crippen LogP contribution in [0.5, 0.6) is 11.5 Å². The van der Waals surface area contributed by atoms with Crippen molar-refractivity contribution in [2.75, 3.05) is 18.4 Å². The molecule has 0 unspecified atom stereocenters. The summed E-state index contributed by atoms with van der Waals surface area (Å²) >= 11 is 1.22. The standard InChI is InChI=1S/C37H41N5O5S2/c1-20(2)19-46-29-12-10-11-28(17-29)35-34-24(6)38-21(3)15-31(34)42(39-35)18-27-13-14-30(32(16-27)45-9)33-23(5)26(8)48-37(33)49(43,44)41-36-22(4)25(7)47-40-36/h10-17,20H,18-19H2,1-9H3,(H,40,41). The number of ether oxygens (including phenoxy) is 2. The third-order valence-electron chi connectivity index (χ3n) is 8.59. The molecule has 12 heteroatoms. The monoisotopic (exact) mass is 699 g/mol. The summed E-state index contributed by atoms with van der Waals surface area (Å²) in [6.45, 7) is 16.7. The second-order valence-electron chi connectivity index (χ2n) is 12.8. The first-order valence-corrected chi connectivity index (χ1v) is 18.4. The third kappa shape index (κ3) is 6.67. The van der Waals surface area contributed by atoms with E-state index >= 15 is 0 Å². The van der Waals surface area contributed by atoms with Crippen LogP contribution >= 0.6 is 11.3 Å². The molecule has 0 bridgehead atoms. The summed E-state index contributed by atoms with van der Waals surface area (Å²) in [6, 6.07) is 16.0. The number of rotatable bonds is 11. The molecule has 0 amide bonds. The van der Waals surface area contributed by atoms with Gasteiger partial charge in [-0.1, -0.05) is 43.3 Å². The Balaban J connectivity index is 1.39. The highest BCUT2D eigenvalue weighted by molar-refractivity contribution is 7.94. The van der Waals surface area contributed by atoms with Gasteiger partial charge in [0.25, 0.3) is 10.0 Å². The number of anilines is 1. The molecule has 256 valence electrons. The van der Waals surface area contributed by atoms with Crippen molar-refractivity contribution in [2.45, 2.75) is 66.1 Å². The number of benzene rings is 2. The van der Waals surface area contributed by atoms with Crippen LogP contribution in [-0.2, 0) is 16.6 Å². The van der Waals surface area contributed by atoms with Gasteiger partial charge < -0.3 is 14.0 Å². The van der Waals surface area contributed by atoms with E-state index in [1.807, 2.05) is 74.8 Å². The first kappa shape index (κ1) is 34.2. The quantitative estimate of drug-likeness (QED) is 0.143. The Labute approximate surface area is 291 Å². The van der Waals surface area contributed by atoms with Crippen LogP contribution in [0, 0.1) is 47.5 Å². The maximum absolute atomic E-state index is 13.8. The largest absolute Gasteiger partial charge is 0.496 e. The van der Waals surface area contributed by atoms with Crippen molar-refractivity contribution in [3.8, 4) is 33.9 Å². The number of hydrogen-bond acceptors (Lipinski definition) is 9. The summed E-state index contributed by atoms with van der Waals surface area (Å²) in [5, 5.41) is 10.0. The van der Waals surface area contributed by atoms with Gasteiger partial charge in [-0.15, -0.1) is 11.3 Å². The Kier molecular flexibility index (Phi) is 9.29. The number of nitrogens with zero attached hydrogens (tertiary/aromatic N) is 4. The maximum Gasteiger partial charge on any atom is 0.273 e. The molecule has 49 heavy (non-hydrogen) atoms. The Bertz CT molecular complexity index is 2300. The van der Waals surface area contributed by atoms with Crippen LogP contribution in [0.1, 0.15) is 52.6 Å². The fraction of sp³-hybridized carbons (Fsp3) is 0.324. The molecule has 0 fully saturated rings. The molecular weight excluding hydrogens is 659 g/mol. The minimum Gasteiger partial charge on any atom is -0.496 e. The molecule has 0 aliphatic rings. The van der Waals surface area contributed by atoms with Crippen LogP contribution in [-0.4, -0.2) is 42.1 Å². The fourth-order valence-electron chi connectivity index (χ4n) is 5.84. The van der Waals surface area contributed by atoms with Gasteiger partial charge in [0.15, 0.2) is 5.82 Å². The van der Waals surface area contributed by atoms with Crippen LogP contribution in [0.3, 0.4) is 0 Å². The molecule has 2 aromatic carbocycles. The Morgan fingerprint density at radius 1 is 1.00 bits per heavy atom. The van der Waals surface area contributed by atoms with E-state index in [2.05, 4.69) is 29.8 Å². The maximum atomic E-state index is 13.8. The van der Waals surface area contributed by atoms with Crippen molar-refractivity contribution < 1.29 is 22.4 Å². The van der Waals surface area contributed by atoms with Crippen LogP contribution in [0.25, 0.3) is 33.3 Å². The lowest BCUT2D eigenvalue weighted by Gasteiger charge is -2.14.